The van der Waals surface area contributed by atoms with E-state index in [9.17, 15) is 5.11 Å². The molecule has 1 aliphatic heterocycles. The van der Waals surface area contributed by atoms with Crippen LogP contribution in [0.5, 0.6) is 0 Å². The predicted octanol–water partition coefficient (Wildman–Crippen LogP) is 5.13. The third kappa shape index (κ3) is 6.45. The molecule has 0 aliphatic carbocycles. The van der Waals surface area contributed by atoms with Gasteiger partial charge in [0.1, 0.15) is 0 Å². The summed E-state index contributed by atoms with van der Waals surface area (Å²) in [6.07, 6.45) is 5.16. The minimum atomic E-state index is -1.76. The summed E-state index contributed by atoms with van der Waals surface area (Å²) in [4.78, 5) is 0. The molecule has 26 heavy (non-hydrogen) atoms. The van der Waals surface area contributed by atoms with E-state index in [1.165, 1.54) is 0 Å². The van der Waals surface area contributed by atoms with Crippen LogP contribution < -0.4 is 0 Å². The standard InChI is InChI=1S/C21H42O4Si/c1-15(17(3)25-26(9,10)20(4,5)6)11-12-16(2)19-18(13-14-22)23-21(7,8)24-19/h11-12,15-19,22H,13-14H2,1-10H3/b12-11-/t15-,16?,17+,18+,19-/m1/s1. The van der Waals surface area contributed by atoms with Gasteiger partial charge in [-0.2, -0.15) is 0 Å². The molecule has 0 amide bonds. The van der Waals surface area contributed by atoms with Crippen molar-refractivity contribution in [3.8, 4) is 0 Å². The van der Waals surface area contributed by atoms with E-state index in [1.54, 1.807) is 0 Å². The monoisotopic (exact) mass is 386 g/mol. The summed E-state index contributed by atoms with van der Waals surface area (Å²) < 4.78 is 18.5. The molecule has 0 aromatic heterocycles. The van der Waals surface area contributed by atoms with Gasteiger partial charge in [0.05, 0.1) is 12.2 Å². The van der Waals surface area contributed by atoms with Crippen LogP contribution in [0.4, 0.5) is 0 Å². The molecule has 0 bridgehead atoms. The van der Waals surface area contributed by atoms with E-state index in [-0.39, 0.29) is 35.9 Å². The fraction of sp³-hybridized carbons (Fsp3) is 0.905. The van der Waals surface area contributed by atoms with Crippen molar-refractivity contribution < 1.29 is 19.0 Å². The summed E-state index contributed by atoms with van der Waals surface area (Å²) in [5.41, 5.74) is 0. The maximum Gasteiger partial charge on any atom is 0.192 e. The zero-order valence-electron chi connectivity index (χ0n) is 18.6. The quantitative estimate of drug-likeness (QED) is 0.464. The maximum absolute atomic E-state index is 9.29. The summed E-state index contributed by atoms with van der Waals surface area (Å²) >= 11 is 0. The molecule has 5 atom stereocenters. The summed E-state index contributed by atoms with van der Waals surface area (Å²) in [6.45, 7) is 21.9. The van der Waals surface area contributed by atoms with Crippen LogP contribution in [0.25, 0.3) is 0 Å². The van der Waals surface area contributed by atoms with Crippen LogP contribution in [0.1, 0.15) is 61.8 Å². The first-order chi connectivity index (χ1) is 11.7. The fourth-order valence-corrected chi connectivity index (χ4v) is 4.52. The summed E-state index contributed by atoms with van der Waals surface area (Å²) in [5, 5.41) is 9.51. The van der Waals surface area contributed by atoms with Gasteiger partial charge in [0.15, 0.2) is 14.1 Å². The molecule has 0 saturated carbocycles. The van der Waals surface area contributed by atoms with Gasteiger partial charge in [-0.1, -0.05) is 46.8 Å². The van der Waals surface area contributed by atoms with Gasteiger partial charge in [-0.3, -0.25) is 0 Å². The van der Waals surface area contributed by atoms with Crippen molar-refractivity contribution in [2.45, 2.75) is 104 Å². The lowest BCUT2D eigenvalue weighted by Gasteiger charge is -2.39. The Morgan fingerprint density at radius 1 is 1.12 bits per heavy atom. The SMILES string of the molecule is CC(/C=C\[C@@H](C)[C@H](C)O[Si](C)(C)C(C)(C)C)[C@H]1OC(C)(C)O[C@H]1CCO. The van der Waals surface area contributed by atoms with Crippen LogP contribution in [-0.2, 0) is 13.9 Å². The number of ether oxygens (including phenoxy) is 2. The van der Waals surface area contributed by atoms with Crippen LogP contribution in [0.3, 0.4) is 0 Å². The third-order valence-corrected chi connectivity index (χ3v) is 10.5. The first kappa shape index (κ1) is 23.8. The molecule has 1 fully saturated rings. The van der Waals surface area contributed by atoms with E-state index < -0.39 is 14.1 Å². The molecule has 1 unspecified atom stereocenters. The molecule has 1 N–H and O–H groups in total. The molecule has 0 radical (unpaired) electrons. The fourth-order valence-electron chi connectivity index (χ4n) is 3.02. The number of hydrogen-bond acceptors (Lipinski definition) is 4. The van der Waals surface area contributed by atoms with Crippen molar-refractivity contribution in [2.75, 3.05) is 6.61 Å². The Morgan fingerprint density at radius 2 is 1.69 bits per heavy atom. The van der Waals surface area contributed by atoms with Gasteiger partial charge in [-0.15, -0.1) is 0 Å². The van der Waals surface area contributed by atoms with E-state index in [0.29, 0.717) is 12.3 Å². The molecule has 1 rings (SSSR count). The lowest BCUT2D eigenvalue weighted by molar-refractivity contribution is -0.149. The van der Waals surface area contributed by atoms with Crippen LogP contribution in [0.15, 0.2) is 12.2 Å². The van der Waals surface area contributed by atoms with Crippen molar-refractivity contribution in [1.82, 2.24) is 0 Å². The van der Waals surface area contributed by atoms with Gasteiger partial charge in [-0.05, 0) is 51.2 Å². The Labute approximate surface area is 162 Å². The Balaban J connectivity index is 2.70. The smallest absolute Gasteiger partial charge is 0.192 e. The molecule has 4 nitrogen and oxygen atoms in total. The zero-order valence-corrected chi connectivity index (χ0v) is 19.6. The summed E-state index contributed by atoms with van der Waals surface area (Å²) in [5.74, 6) is -0.0363. The van der Waals surface area contributed by atoms with Gasteiger partial charge in [0.2, 0.25) is 0 Å². The molecule has 0 aromatic rings. The molecule has 5 heteroatoms. The highest BCUT2D eigenvalue weighted by Gasteiger charge is 2.43. The normalized spacial score (nSPS) is 27.7. The molecule has 1 heterocycles. The number of aliphatic hydroxyl groups is 1. The van der Waals surface area contributed by atoms with Gasteiger partial charge in [0.25, 0.3) is 0 Å². The Hall–Kier alpha value is -0.203. The second kappa shape index (κ2) is 8.87. The Morgan fingerprint density at radius 3 is 2.19 bits per heavy atom. The third-order valence-electron chi connectivity index (χ3n) is 5.90. The highest BCUT2D eigenvalue weighted by molar-refractivity contribution is 6.74. The van der Waals surface area contributed by atoms with Gasteiger partial charge < -0.3 is 19.0 Å². The summed E-state index contributed by atoms with van der Waals surface area (Å²) in [6, 6.07) is 0. The Bertz CT molecular complexity index is 467. The molecular formula is C21H42O4Si. The van der Waals surface area contributed by atoms with Crippen LogP contribution in [-0.4, -0.2) is 44.1 Å². The van der Waals surface area contributed by atoms with E-state index >= 15 is 0 Å². The van der Waals surface area contributed by atoms with E-state index in [1.807, 2.05) is 13.8 Å². The van der Waals surface area contributed by atoms with Crippen molar-refractivity contribution in [3.63, 3.8) is 0 Å². The van der Waals surface area contributed by atoms with E-state index in [0.717, 1.165) is 0 Å². The van der Waals surface area contributed by atoms with Crippen molar-refractivity contribution in [1.29, 1.82) is 0 Å². The first-order valence-electron chi connectivity index (χ1n) is 10.0. The highest BCUT2D eigenvalue weighted by atomic mass is 28.4. The van der Waals surface area contributed by atoms with Crippen LogP contribution in [0, 0.1) is 11.8 Å². The van der Waals surface area contributed by atoms with Crippen molar-refractivity contribution in [3.05, 3.63) is 12.2 Å². The molecular weight excluding hydrogens is 344 g/mol. The first-order valence-corrected chi connectivity index (χ1v) is 12.9. The zero-order chi connectivity index (χ0) is 20.3. The second-order valence-corrected chi connectivity index (χ2v) is 14.6. The highest BCUT2D eigenvalue weighted by Crippen LogP contribution is 2.38. The second-order valence-electron chi connectivity index (χ2n) is 9.84. The number of aliphatic hydroxyl groups excluding tert-OH is 1. The van der Waals surface area contributed by atoms with Gasteiger partial charge in [-0.25, -0.2) is 0 Å². The lowest BCUT2D eigenvalue weighted by Crippen LogP contribution is -2.44. The molecule has 0 aromatic carbocycles. The largest absolute Gasteiger partial charge is 0.414 e. The number of hydrogen-bond donors (Lipinski definition) is 1. The predicted molar refractivity (Wildman–Crippen MR) is 111 cm³/mol. The molecule has 1 aliphatic rings. The van der Waals surface area contributed by atoms with Crippen LogP contribution >= 0.6 is 0 Å². The minimum absolute atomic E-state index is 0.0304. The van der Waals surface area contributed by atoms with Crippen LogP contribution in [0.2, 0.25) is 18.1 Å². The van der Waals surface area contributed by atoms with Gasteiger partial charge >= 0.3 is 0 Å². The Kier molecular flexibility index (Phi) is 8.13. The molecule has 0 spiro atoms. The topological polar surface area (TPSA) is 47.9 Å². The van der Waals surface area contributed by atoms with Gasteiger partial charge in [0, 0.05) is 18.6 Å². The molecule has 1 saturated heterocycles. The van der Waals surface area contributed by atoms with Crippen molar-refractivity contribution in [2.24, 2.45) is 11.8 Å². The van der Waals surface area contributed by atoms with Crippen molar-refractivity contribution >= 4 is 8.32 Å². The number of rotatable bonds is 8. The minimum Gasteiger partial charge on any atom is -0.414 e. The average molecular weight is 387 g/mol. The molecule has 154 valence electrons. The lowest BCUT2D eigenvalue weighted by atomic mass is 9.95. The maximum atomic E-state index is 9.29. The van der Waals surface area contributed by atoms with E-state index in [2.05, 4.69) is 66.8 Å². The average Bonchev–Trinajstić information content (AvgIpc) is 2.78. The van der Waals surface area contributed by atoms with E-state index in [4.69, 9.17) is 13.9 Å². The summed E-state index contributed by atoms with van der Waals surface area (Å²) in [7, 11) is -1.76.